The summed E-state index contributed by atoms with van der Waals surface area (Å²) in [4.78, 5) is 11.3. The quantitative estimate of drug-likeness (QED) is 0.870. The second-order valence-electron chi connectivity index (χ2n) is 2.99. The summed E-state index contributed by atoms with van der Waals surface area (Å²) in [5, 5.41) is 1.62. The van der Waals surface area contributed by atoms with Crippen LogP contribution >= 0.6 is 27.3 Å². The van der Waals surface area contributed by atoms with Crippen molar-refractivity contribution >= 4 is 33.2 Å². The molecular formula is C9H10BrF2NO2S. The first-order valence-corrected chi connectivity index (χ1v) is 6.11. The van der Waals surface area contributed by atoms with Crippen LogP contribution in [0.3, 0.4) is 0 Å². The highest BCUT2D eigenvalue weighted by Gasteiger charge is 2.48. The van der Waals surface area contributed by atoms with Crippen molar-refractivity contribution in [2.24, 2.45) is 5.73 Å². The third-order valence-electron chi connectivity index (χ3n) is 1.83. The van der Waals surface area contributed by atoms with Gasteiger partial charge in [-0.2, -0.15) is 8.78 Å². The summed E-state index contributed by atoms with van der Waals surface area (Å²) in [6, 6.07) is -0.217. The lowest BCUT2D eigenvalue weighted by molar-refractivity contribution is -0.174. The van der Waals surface area contributed by atoms with E-state index in [2.05, 4.69) is 20.7 Å². The van der Waals surface area contributed by atoms with E-state index in [1.807, 2.05) is 0 Å². The number of hydrogen-bond donors (Lipinski definition) is 1. The van der Waals surface area contributed by atoms with Gasteiger partial charge in [0.1, 0.15) is 6.04 Å². The molecule has 0 aliphatic rings. The molecule has 2 N–H and O–H groups in total. The maximum Gasteiger partial charge on any atom is 0.379 e. The lowest BCUT2D eigenvalue weighted by Gasteiger charge is -2.20. The van der Waals surface area contributed by atoms with Crippen LogP contribution < -0.4 is 5.73 Å². The van der Waals surface area contributed by atoms with E-state index in [0.717, 1.165) is 11.3 Å². The van der Waals surface area contributed by atoms with Crippen molar-refractivity contribution in [2.75, 3.05) is 6.61 Å². The Kier molecular flexibility index (Phi) is 4.40. The van der Waals surface area contributed by atoms with Crippen LogP contribution in [-0.4, -0.2) is 18.5 Å². The number of hydrogen-bond acceptors (Lipinski definition) is 4. The molecule has 90 valence electrons. The molecule has 0 saturated heterocycles. The zero-order valence-corrected chi connectivity index (χ0v) is 10.8. The van der Waals surface area contributed by atoms with E-state index in [0.29, 0.717) is 4.47 Å². The van der Waals surface area contributed by atoms with Gasteiger partial charge in [-0.3, -0.25) is 0 Å². The fourth-order valence-electron chi connectivity index (χ4n) is 1.02. The molecule has 0 radical (unpaired) electrons. The average molecular weight is 314 g/mol. The number of carbonyl (C=O) groups is 1. The highest BCUT2D eigenvalue weighted by molar-refractivity contribution is 9.10. The van der Waals surface area contributed by atoms with Gasteiger partial charge in [0.05, 0.1) is 6.61 Å². The molecule has 0 aromatic carbocycles. The summed E-state index contributed by atoms with van der Waals surface area (Å²) in [6.45, 7) is 1.36. The van der Waals surface area contributed by atoms with Crippen LogP contribution in [-0.2, 0) is 9.53 Å². The zero-order chi connectivity index (χ0) is 12.3. The van der Waals surface area contributed by atoms with Gasteiger partial charge in [0.15, 0.2) is 0 Å². The van der Waals surface area contributed by atoms with Gasteiger partial charge in [0, 0.05) is 14.7 Å². The molecule has 1 atom stereocenters. The van der Waals surface area contributed by atoms with E-state index < -0.39 is 17.9 Å². The number of esters is 1. The van der Waals surface area contributed by atoms with Gasteiger partial charge in [-0.25, -0.2) is 4.79 Å². The molecule has 1 aromatic heterocycles. The van der Waals surface area contributed by atoms with Gasteiger partial charge in [0.2, 0.25) is 0 Å². The van der Waals surface area contributed by atoms with Crippen LogP contribution in [0.15, 0.2) is 15.9 Å². The Balaban J connectivity index is 2.87. The van der Waals surface area contributed by atoms with Crippen LogP contribution in [0.25, 0.3) is 0 Å². The van der Waals surface area contributed by atoms with Crippen LogP contribution in [0.2, 0.25) is 0 Å². The molecule has 16 heavy (non-hydrogen) atoms. The smallest absolute Gasteiger partial charge is 0.379 e. The van der Waals surface area contributed by atoms with Gasteiger partial charge >= 0.3 is 11.9 Å². The summed E-state index contributed by atoms with van der Waals surface area (Å²) < 4.78 is 31.9. The fourth-order valence-corrected chi connectivity index (χ4v) is 2.51. The van der Waals surface area contributed by atoms with Crippen LogP contribution in [0.1, 0.15) is 17.8 Å². The molecule has 0 unspecified atom stereocenters. The largest absolute Gasteiger partial charge is 0.462 e. The molecule has 7 heteroatoms. The Hall–Kier alpha value is -0.530. The highest BCUT2D eigenvalue weighted by Crippen LogP contribution is 2.35. The van der Waals surface area contributed by atoms with Gasteiger partial charge in [-0.05, 0) is 28.9 Å². The van der Waals surface area contributed by atoms with E-state index in [1.54, 1.807) is 5.38 Å². The van der Waals surface area contributed by atoms with Crippen molar-refractivity contribution in [3.8, 4) is 0 Å². The minimum absolute atomic E-state index is 0.102. The molecule has 1 rings (SSSR count). The first-order valence-electron chi connectivity index (χ1n) is 4.44. The van der Waals surface area contributed by atoms with E-state index in [1.165, 1.54) is 13.0 Å². The minimum atomic E-state index is -3.71. The third-order valence-corrected chi connectivity index (χ3v) is 3.61. The van der Waals surface area contributed by atoms with Gasteiger partial charge in [-0.15, -0.1) is 11.3 Å². The maximum absolute atomic E-state index is 13.5. The molecule has 0 aliphatic carbocycles. The van der Waals surface area contributed by atoms with Crippen molar-refractivity contribution in [2.45, 2.75) is 18.9 Å². The summed E-state index contributed by atoms with van der Waals surface area (Å²) >= 11 is 4.19. The number of alkyl halides is 2. The number of rotatable bonds is 4. The van der Waals surface area contributed by atoms with E-state index in [4.69, 9.17) is 5.73 Å². The van der Waals surface area contributed by atoms with Crippen LogP contribution in [0.4, 0.5) is 8.78 Å². The predicted molar refractivity (Wildman–Crippen MR) is 60.5 cm³/mol. The lowest BCUT2D eigenvalue weighted by Crippen LogP contribution is -2.41. The first-order chi connectivity index (χ1) is 7.39. The van der Waals surface area contributed by atoms with Crippen molar-refractivity contribution in [3.63, 3.8) is 0 Å². The summed E-state index contributed by atoms with van der Waals surface area (Å²) in [7, 11) is 0. The lowest BCUT2D eigenvalue weighted by atomic mass is 10.1. The van der Waals surface area contributed by atoms with Crippen molar-refractivity contribution < 1.29 is 18.3 Å². The molecule has 0 saturated carbocycles. The Morgan fingerprint density at radius 2 is 2.38 bits per heavy atom. The molecule has 1 heterocycles. The normalized spacial score (nSPS) is 13.6. The van der Waals surface area contributed by atoms with Crippen LogP contribution in [0, 0.1) is 0 Å². The molecule has 1 aromatic rings. The third kappa shape index (κ3) is 2.78. The monoisotopic (exact) mass is 313 g/mol. The minimum Gasteiger partial charge on any atom is -0.462 e. The van der Waals surface area contributed by atoms with E-state index >= 15 is 0 Å². The van der Waals surface area contributed by atoms with Gasteiger partial charge in [0.25, 0.3) is 0 Å². The Morgan fingerprint density at radius 3 is 2.81 bits per heavy atom. The SMILES string of the molecule is CCOC(=O)C(F)(F)[C@H](N)c1cc(Br)cs1. The molecule has 0 amide bonds. The topological polar surface area (TPSA) is 52.3 Å². The molecule has 0 fully saturated rings. The number of nitrogens with two attached hydrogens (primary N) is 1. The molecule has 0 spiro atoms. The first kappa shape index (κ1) is 13.5. The summed E-state index contributed by atoms with van der Waals surface area (Å²) in [6.07, 6.45) is 0. The van der Waals surface area contributed by atoms with E-state index in [9.17, 15) is 13.6 Å². The number of halogens is 3. The van der Waals surface area contributed by atoms with Gasteiger partial charge < -0.3 is 10.5 Å². The van der Waals surface area contributed by atoms with Crippen molar-refractivity contribution in [1.29, 1.82) is 0 Å². The number of carbonyl (C=O) groups excluding carboxylic acids is 1. The molecule has 3 nitrogen and oxygen atoms in total. The average Bonchev–Trinajstić information content (AvgIpc) is 2.64. The second-order valence-corrected chi connectivity index (χ2v) is 4.85. The maximum atomic E-state index is 13.5. The second kappa shape index (κ2) is 5.20. The Morgan fingerprint density at radius 1 is 1.75 bits per heavy atom. The predicted octanol–water partition coefficient (Wildman–Crippen LogP) is 2.71. The standard InChI is InChI=1S/C9H10BrF2NO2S/c1-2-15-8(14)9(11,12)7(13)6-3-5(10)4-16-6/h3-4,7H,2,13H2,1H3/t7-/m1/s1. The number of thiophene rings is 1. The van der Waals surface area contributed by atoms with Crippen LogP contribution in [0.5, 0.6) is 0 Å². The summed E-state index contributed by atoms with van der Waals surface area (Å²) in [5.74, 6) is -5.30. The molecule has 0 bridgehead atoms. The van der Waals surface area contributed by atoms with Gasteiger partial charge in [-0.1, -0.05) is 0 Å². The van der Waals surface area contributed by atoms with Crippen molar-refractivity contribution in [1.82, 2.24) is 0 Å². The molecule has 0 aliphatic heterocycles. The highest BCUT2D eigenvalue weighted by atomic mass is 79.9. The fraction of sp³-hybridized carbons (Fsp3) is 0.444. The summed E-state index contributed by atoms with van der Waals surface area (Å²) in [5.41, 5.74) is 5.36. The molecular weight excluding hydrogens is 304 g/mol. The Labute approximate surface area is 104 Å². The van der Waals surface area contributed by atoms with E-state index in [-0.39, 0.29) is 11.5 Å². The van der Waals surface area contributed by atoms with Crippen molar-refractivity contribution in [3.05, 3.63) is 20.8 Å². The zero-order valence-electron chi connectivity index (χ0n) is 8.38. The number of ether oxygens (including phenoxy) is 1. The Bertz CT molecular complexity index is 383.